The Morgan fingerprint density at radius 3 is 2.66 bits per heavy atom. The van der Waals surface area contributed by atoms with Gasteiger partial charge in [-0.15, -0.1) is 0 Å². The molecule has 3 rings (SSSR count). The number of carbonyl (C=O) groups excluding carboxylic acids is 2. The molecule has 158 valence electrons. The first-order valence-electron chi connectivity index (χ1n) is 10.6. The summed E-state index contributed by atoms with van der Waals surface area (Å²) in [5, 5.41) is 8.60. The van der Waals surface area contributed by atoms with E-state index in [1.807, 2.05) is 6.92 Å². The van der Waals surface area contributed by atoms with Crippen LogP contribution in [0.25, 0.3) is 0 Å². The van der Waals surface area contributed by atoms with E-state index in [0.29, 0.717) is 5.92 Å². The number of nitrogens with zero attached hydrogens (tertiary/aromatic N) is 2. The highest BCUT2D eigenvalue weighted by molar-refractivity contribution is 6.07. The van der Waals surface area contributed by atoms with Crippen molar-refractivity contribution in [2.24, 2.45) is 10.9 Å². The van der Waals surface area contributed by atoms with Crippen molar-refractivity contribution in [1.29, 1.82) is 0 Å². The second-order valence-corrected chi connectivity index (χ2v) is 8.38. The molecule has 0 aromatic heterocycles. The Morgan fingerprint density at radius 2 is 2.07 bits per heavy atom. The van der Waals surface area contributed by atoms with Crippen molar-refractivity contribution in [3.63, 3.8) is 0 Å². The van der Waals surface area contributed by atoms with Crippen LogP contribution >= 0.6 is 0 Å². The highest BCUT2D eigenvalue weighted by Gasteiger charge is 2.48. The molecule has 2 fully saturated rings. The first-order chi connectivity index (χ1) is 13.8. The Labute approximate surface area is 173 Å². The quantitative estimate of drug-likeness (QED) is 0.403. The maximum Gasteiger partial charge on any atom is 0.322 e. The molecule has 1 aromatic rings. The van der Waals surface area contributed by atoms with Gasteiger partial charge in [-0.3, -0.25) is 15.1 Å². The molecule has 7 nitrogen and oxygen atoms in total. The van der Waals surface area contributed by atoms with E-state index in [-0.39, 0.29) is 17.9 Å². The number of imide groups is 1. The van der Waals surface area contributed by atoms with E-state index in [1.54, 1.807) is 0 Å². The van der Waals surface area contributed by atoms with Gasteiger partial charge in [0, 0.05) is 32.1 Å². The maximum absolute atomic E-state index is 12.2. The molecular formula is C22H33N5O2. The number of benzene rings is 1. The van der Waals surface area contributed by atoms with Gasteiger partial charge < -0.3 is 15.5 Å². The summed E-state index contributed by atoms with van der Waals surface area (Å²) in [7, 11) is 0. The zero-order chi connectivity index (χ0) is 21.0. The summed E-state index contributed by atoms with van der Waals surface area (Å²) in [5.41, 5.74) is 1.77. The Hall–Kier alpha value is -2.57. The Morgan fingerprint density at radius 1 is 1.34 bits per heavy atom. The molecule has 2 atom stereocenters. The normalized spacial score (nSPS) is 24.3. The third-order valence-electron chi connectivity index (χ3n) is 6.14. The van der Waals surface area contributed by atoms with Crippen LogP contribution in [0.1, 0.15) is 50.7 Å². The third kappa shape index (κ3) is 4.71. The number of likely N-dealkylation sites (tertiary alicyclic amines) is 1. The van der Waals surface area contributed by atoms with Crippen molar-refractivity contribution in [1.82, 2.24) is 20.9 Å². The van der Waals surface area contributed by atoms with Gasteiger partial charge in [-0.25, -0.2) is 4.79 Å². The van der Waals surface area contributed by atoms with Crippen molar-refractivity contribution < 1.29 is 9.59 Å². The summed E-state index contributed by atoms with van der Waals surface area (Å²) in [6.07, 6.45) is 1.67. The standard InChI is InChI=1S/C22H33N5O2/c1-5-23-20(24-14-16(3)17-8-6-7-15(2)13-17)27-11-9-18(10-12-27)22(4)19(28)25-21(29)26-22/h6-8,13,16,18H,5,9-12,14H2,1-4H3,(H,23,24)(H2,25,26,28,29). The summed E-state index contributed by atoms with van der Waals surface area (Å²) in [6.45, 7) is 11.4. The molecule has 2 unspecified atom stereocenters. The van der Waals surface area contributed by atoms with E-state index >= 15 is 0 Å². The molecule has 2 aliphatic rings. The van der Waals surface area contributed by atoms with Gasteiger partial charge in [0.25, 0.3) is 5.91 Å². The van der Waals surface area contributed by atoms with Crippen molar-refractivity contribution in [2.75, 3.05) is 26.2 Å². The lowest BCUT2D eigenvalue weighted by atomic mass is 9.79. The number of rotatable bonds is 5. The van der Waals surface area contributed by atoms with Crippen molar-refractivity contribution in [2.45, 2.75) is 52.0 Å². The van der Waals surface area contributed by atoms with E-state index in [9.17, 15) is 9.59 Å². The lowest BCUT2D eigenvalue weighted by Gasteiger charge is -2.39. The smallest absolute Gasteiger partial charge is 0.322 e. The first-order valence-corrected chi connectivity index (χ1v) is 10.6. The van der Waals surface area contributed by atoms with E-state index in [1.165, 1.54) is 11.1 Å². The van der Waals surface area contributed by atoms with Crippen LogP contribution in [0.2, 0.25) is 0 Å². The van der Waals surface area contributed by atoms with E-state index in [4.69, 9.17) is 4.99 Å². The van der Waals surface area contributed by atoms with Crippen LogP contribution in [0.3, 0.4) is 0 Å². The molecule has 3 N–H and O–H groups in total. The molecule has 2 heterocycles. The number of piperidine rings is 1. The van der Waals surface area contributed by atoms with Gasteiger partial charge in [-0.1, -0.05) is 36.8 Å². The fourth-order valence-corrected chi connectivity index (χ4v) is 4.24. The summed E-state index contributed by atoms with van der Waals surface area (Å²) >= 11 is 0. The minimum Gasteiger partial charge on any atom is -0.357 e. The zero-order valence-electron chi connectivity index (χ0n) is 17.9. The largest absolute Gasteiger partial charge is 0.357 e. The minimum absolute atomic E-state index is 0.124. The van der Waals surface area contributed by atoms with Crippen LogP contribution < -0.4 is 16.0 Å². The minimum atomic E-state index is -0.807. The highest BCUT2D eigenvalue weighted by Crippen LogP contribution is 2.30. The van der Waals surface area contributed by atoms with E-state index in [2.05, 4.69) is 65.9 Å². The van der Waals surface area contributed by atoms with Crippen molar-refractivity contribution in [3.05, 3.63) is 35.4 Å². The molecule has 1 aromatic carbocycles. The van der Waals surface area contributed by atoms with Crippen LogP contribution in [0, 0.1) is 12.8 Å². The SMILES string of the molecule is CCNC(=NCC(C)c1cccc(C)c1)N1CCC(C2(C)NC(=O)NC2=O)CC1. The lowest BCUT2D eigenvalue weighted by molar-refractivity contribution is -0.125. The van der Waals surface area contributed by atoms with Gasteiger partial charge in [-0.05, 0) is 45.1 Å². The Balaban J connectivity index is 1.62. The average Bonchev–Trinajstić information content (AvgIpc) is 2.97. The van der Waals surface area contributed by atoms with E-state index < -0.39 is 5.54 Å². The number of nitrogens with one attached hydrogen (secondary N) is 3. The van der Waals surface area contributed by atoms with Crippen LogP contribution in [0.5, 0.6) is 0 Å². The number of guanidine groups is 1. The topological polar surface area (TPSA) is 85.8 Å². The van der Waals surface area contributed by atoms with Crippen LogP contribution in [0.15, 0.2) is 29.3 Å². The predicted molar refractivity (Wildman–Crippen MR) is 115 cm³/mol. The summed E-state index contributed by atoms with van der Waals surface area (Å²) in [4.78, 5) is 30.9. The molecule has 0 bridgehead atoms. The van der Waals surface area contributed by atoms with Gasteiger partial charge >= 0.3 is 6.03 Å². The average molecular weight is 400 g/mol. The molecule has 2 aliphatic heterocycles. The van der Waals surface area contributed by atoms with E-state index in [0.717, 1.165) is 45.0 Å². The molecule has 0 radical (unpaired) electrons. The van der Waals surface area contributed by atoms with Crippen molar-refractivity contribution >= 4 is 17.9 Å². The van der Waals surface area contributed by atoms with Gasteiger partial charge in [-0.2, -0.15) is 0 Å². The second kappa shape index (κ2) is 8.84. The van der Waals surface area contributed by atoms with Crippen molar-refractivity contribution in [3.8, 4) is 0 Å². The molecule has 29 heavy (non-hydrogen) atoms. The maximum atomic E-state index is 12.2. The number of aliphatic imine (C=N–C) groups is 1. The summed E-state index contributed by atoms with van der Waals surface area (Å²) < 4.78 is 0. The molecule has 0 saturated carbocycles. The number of carbonyl (C=O) groups is 2. The summed E-state index contributed by atoms with van der Waals surface area (Å²) in [6, 6.07) is 8.20. The second-order valence-electron chi connectivity index (χ2n) is 8.38. The monoisotopic (exact) mass is 399 g/mol. The fourth-order valence-electron chi connectivity index (χ4n) is 4.24. The molecular weight excluding hydrogens is 366 g/mol. The van der Waals surface area contributed by atoms with Crippen LogP contribution in [-0.4, -0.2) is 54.5 Å². The van der Waals surface area contributed by atoms with Gasteiger partial charge in [0.15, 0.2) is 5.96 Å². The fraction of sp³-hybridized carbons (Fsp3) is 0.591. The summed E-state index contributed by atoms with van der Waals surface area (Å²) in [5.74, 6) is 1.18. The molecule has 3 amide bonds. The number of hydrogen-bond donors (Lipinski definition) is 3. The number of aryl methyl sites for hydroxylation is 1. The number of amides is 3. The molecule has 0 aliphatic carbocycles. The zero-order valence-corrected chi connectivity index (χ0v) is 17.9. The molecule has 0 spiro atoms. The van der Waals surface area contributed by atoms with Crippen LogP contribution in [0.4, 0.5) is 4.79 Å². The van der Waals surface area contributed by atoms with Gasteiger partial charge in [0.05, 0.1) is 0 Å². The van der Waals surface area contributed by atoms with Gasteiger partial charge in [0.2, 0.25) is 0 Å². The number of hydrogen-bond acceptors (Lipinski definition) is 3. The highest BCUT2D eigenvalue weighted by atomic mass is 16.2. The molecule has 7 heteroatoms. The lowest BCUT2D eigenvalue weighted by Crippen LogP contribution is -2.55. The molecule has 2 saturated heterocycles. The van der Waals surface area contributed by atoms with Gasteiger partial charge in [0.1, 0.15) is 5.54 Å². The Kier molecular flexibility index (Phi) is 6.45. The third-order valence-corrected chi connectivity index (χ3v) is 6.14. The first kappa shape index (κ1) is 21.1. The Bertz CT molecular complexity index is 785. The number of urea groups is 1. The van der Waals surface area contributed by atoms with Crippen LogP contribution in [-0.2, 0) is 4.79 Å². The predicted octanol–water partition coefficient (Wildman–Crippen LogP) is 2.37.